The largest absolute Gasteiger partial charge is 0.502 e. The Morgan fingerprint density at radius 3 is 2.12 bits per heavy atom. The average molecular weight is 358 g/mol. The number of fused-ring (bicyclic) bond motifs is 1. The maximum Gasteiger partial charge on any atom is 0.235 e. The topological polar surface area (TPSA) is 87.4 Å². The van der Waals surface area contributed by atoms with Gasteiger partial charge in [0.25, 0.3) is 0 Å². The first-order valence-electron chi connectivity index (χ1n) is 7.69. The third kappa shape index (κ3) is 2.57. The summed E-state index contributed by atoms with van der Waals surface area (Å²) < 4.78 is 27.1. The molecule has 0 spiro atoms. The van der Waals surface area contributed by atoms with Crippen molar-refractivity contribution in [3.63, 3.8) is 0 Å². The molecular formula is C19H18O7. The monoisotopic (exact) mass is 358 g/mol. The molecule has 1 heterocycles. The molecule has 7 heteroatoms. The van der Waals surface area contributed by atoms with Crippen LogP contribution in [-0.2, 0) is 0 Å². The number of rotatable bonds is 5. The minimum atomic E-state index is -0.591. The molecule has 2 aromatic carbocycles. The fourth-order valence-electron chi connectivity index (χ4n) is 2.81. The first kappa shape index (κ1) is 17.5. The average Bonchev–Trinajstić information content (AvgIpc) is 2.68. The number of benzene rings is 2. The van der Waals surface area contributed by atoms with E-state index in [0.29, 0.717) is 22.8 Å². The van der Waals surface area contributed by atoms with Gasteiger partial charge in [0.2, 0.25) is 16.9 Å². The molecule has 0 bridgehead atoms. The van der Waals surface area contributed by atoms with Gasteiger partial charge in [-0.05, 0) is 24.3 Å². The van der Waals surface area contributed by atoms with E-state index in [-0.39, 0.29) is 22.5 Å². The molecule has 0 atom stereocenters. The molecule has 0 aliphatic carbocycles. The van der Waals surface area contributed by atoms with E-state index in [1.807, 2.05) is 0 Å². The summed E-state index contributed by atoms with van der Waals surface area (Å²) in [5.41, 5.74) is -0.0604. The Morgan fingerprint density at radius 2 is 1.50 bits per heavy atom. The maximum absolute atomic E-state index is 12.7. The molecule has 1 N–H and O–H groups in total. The summed E-state index contributed by atoms with van der Waals surface area (Å²) in [7, 11) is 5.87. The standard InChI is InChI=1S/C19H18O7/c1-22-12-7-5-6-11(16(12)24-3)17-15(21)14(20)10-8-9-13(23-2)19(25-4)18(10)26-17/h5-9,21H,1-4H3. The SMILES string of the molecule is COc1cccc(-c2oc3c(OC)c(OC)ccc3c(=O)c2O)c1OC. The molecule has 136 valence electrons. The summed E-state index contributed by atoms with van der Waals surface area (Å²) in [6, 6.07) is 8.13. The van der Waals surface area contributed by atoms with Crippen LogP contribution in [0.3, 0.4) is 0 Å². The van der Waals surface area contributed by atoms with Gasteiger partial charge in [0.05, 0.1) is 39.4 Å². The van der Waals surface area contributed by atoms with Gasteiger partial charge in [-0.3, -0.25) is 4.79 Å². The van der Waals surface area contributed by atoms with E-state index < -0.39 is 11.2 Å². The summed E-state index contributed by atoms with van der Waals surface area (Å²) >= 11 is 0. The van der Waals surface area contributed by atoms with Crippen molar-refractivity contribution in [3.05, 3.63) is 40.6 Å². The minimum Gasteiger partial charge on any atom is -0.502 e. The van der Waals surface area contributed by atoms with Crippen LogP contribution < -0.4 is 24.4 Å². The van der Waals surface area contributed by atoms with E-state index in [9.17, 15) is 9.90 Å². The number of hydrogen-bond acceptors (Lipinski definition) is 7. The molecule has 0 fully saturated rings. The van der Waals surface area contributed by atoms with Crippen molar-refractivity contribution >= 4 is 11.0 Å². The normalized spacial score (nSPS) is 10.6. The van der Waals surface area contributed by atoms with E-state index in [1.54, 1.807) is 24.3 Å². The molecule has 0 aliphatic rings. The fraction of sp³-hybridized carbons (Fsp3) is 0.211. The Labute approximate surface area is 149 Å². The van der Waals surface area contributed by atoms with Crippen molar-refractivity contribution in [3.8, 4) is 40.1 Å². The molecule has 0 radical (unpaired) electrons. The van der Waals surface area contributed by atoms with Gasteiger partial charge in [0.15, 0.2) is 28.6 Å². The number of aromatic hydroxyl groups is 1. The molecule has 0 saturated heterocycles. The number of ether oxygens (including phenoxy) is 4. The summed E-state index contributed by atoms with van der Waals surface area (Å²) in [6.45, 7) is 0. The highest BCUT2D eigenvalue weighted by Crippen LogP contribution is 2.43. The van der Waals surface area contributed by atoms with Crippen molar-refractivity contribution in [2.24, 2.45) is 0 Å². The molecule has 0 amide bonds. The molecule has 3 rings (SSSR count). The Morgan fingerprint density at radius 1 is 0.846 bits per heavy atom. The molecule has 0 aliphatic heterocycles. The summed E-state index contributed by atoms with van der Waals surface area (Å²) in [5, 5.41) is 10.6. The van der Waals surface area contributed by atoms with Gasteiger partial charge in [-0.25, -0.2) is 0 Å². The Hall–Kier alpha value is -3.35. The highest BCUT2D eigenvalue weighted by atomic mass is 16.5. The van der Waals surface area contributed by atoms with Crippen LogP contribution in [0.4, 0.5) is 0 Å². The molecular weight excluding hydrogens is 340 g/mol. The smallest absolute Gasteiger partial charge is 0.235 e. The van der Waals surface area contributed by atoms with Gasteiger partial charge >= 0.3 is 0 Å². The zero-order valence-corrected chi connectivity index (χ0v) is 14.8. The molecule has 7 nitrogen and oxygen atoms in total. The van der Waals surface area contributed by atoms with Crippen LogP contribution in [0, 0.1) is 0 Å². The predicted octanol–water partition coefficient (Wildman–Crippen LogP) is 3.20. The summed E-state index contributed by atoms with van der Waals surface area (Å²) in [4.78, 5) is 12.7. The zero-order valence-electron chi connectivity index (χ0n) is 14.8. The number of para-hydroxylation sites is 1. The van der Waals surface area contributed by atoms with Gasteiger partial charge < -0.3 is 28.5 Å². The molecule has 3 aromatic rings. The molecule has 0 unspecified atom stereocenters. The zero-order chi connectivity index (χ0) is 18.8. The van der Waals surface area contributed by atoms with Gasteiger partial charge in [-0.15, -0.1) is 0 Å². The second-order valence-corrected chi connectivity index (χ2v) is 5.33. The lowest BCUT2D eigenvalue weighted by molar-refractivity contribution is 0.350. The first-order valence-corrected chi connectivity index (χ1v) is 7.69. The van der Waals surface area contributed by atoms with Gasteiger partial charge in [0, 0.05) is 0 Å². The Bertz CT molecular complexity index is 1020. The van der Waals surface area contributed by atoms with Crippen LogP contribution in [-0.4, -0.2) is 33.5 Å². The quantitative estimate of drug-likeness (QED) is 0.749. The minimum absolute atomic E-state index is 0.0511. The predicted molar refractivity (Wildman–Crippen MR) is 95.8 cm³/mol. The lowest BCUT2D eigenvalue weighted by atomic mass is 10.1. The fourth-order valence-corrected chi connectivity index (χ4v) is 2.81. The van der Waals surface area contributed by atoms with Crippen molar-refractivity contribution in [1.29, 1.82) is 0 Å². The molecule has 0 saturated carbocycles. The van der Waals surface area contributed by atoms with Crippen LogP contribution in [0.5, 0.6) is 28.7 Å². The lowest BCUT2D eigenvalue weighted by Gasteiger charge is -2.14. The third-order valence-electron chi connectivity index (χ3n) is 4.03. The van der Waals surface area contributed by atoms with E-state index in [0.717, 1.165) is 0 Å². The van der Waals surface area contributed by atoms with Crippen LogP contribution in [0.2, 0.25) is 0 Å². The molecule has 26 heavy (non-hydrogen) atoms. The highest BCUT2D eigenvalue weighted by Gasteiger charge is 2.23. The van der Waals surface area contributed by atoms with E-state index in [2.05, 4.69) is 0 Å². The second-order valence-electron chi connectivity index (χ2n) is 5.33. The Kier molecular flexibility index (Phi) is 4.62. The Balaban J connectivity index is 2.42. The summed E-state index contributed by atoms with van der Waals surface area (Å²) in [5.74, 6) is 0.836. The number of hydrogen-bond donors (Lipinski definition) is 1. The van der Waals surface area contributed by atoms with Gasteiger partial charge in [-0.1, -0.05) is 6.07 Å². The van der Waals surface area contributed by atoms with Crippen LogP contribution in [0.25, 0.3) is 22.3 Å². The number of methoxy groups -OCH3 is 4. The van der Waals surface area contributed by atoms with Gasteiger partial charge in [-0.2, -0.15) is 0 Å². The first-order chi connectivity index (χ1) is 12.6. The maximum atomic E-state index is 12.7. The van der Waals surface area contributed by atoms with Crippen molar-refractivity contribution in [2.75, 3.05) is 28.4 Å². The lowest BCUT2D eigenvalue weighted by Crippen LogP contribution is -2.05. The van der Waals surface area contributed by atoms with Crippen molar-refractivity contribution < 1.29 is 28.5 Å². The van der Waals surface area contributed by atoms with E-state index >= 15 is 0 Å². The van der Waals surface area contributed by atoms with E-state index in [4.69, 9.17) is 23.4 Å². The van der Waals surface area contributed by atoms with Crippen LogP contribution >= 0.6 is 0 Å². The van der Waals surface area contributed by atoms with Crippen LogP contribution in [0.1, 0.15) is 0 Å². The summed E-state index contributed by atoms with van der Waals surface area (Å²) in [6.07, 6.45) is 0. The van der Waals surface area contributed by atoms with Gasteiger partial charge in [0.1, 0.15) is 0 Å². The van der Waals surface area contributed by atoms with Crippen LogP contribution in [0.15, 0.2) is 39.5 Å². The van der Waals surface area contributed by atoms with Crippen molar-refractivity contribution in [1.82, 2.24) is 0 Å². The second kappa shape index (κ2) is 6.87. The van der Waals surface area contributed by atoms with E-state index in [1.165, 1.54) is 34.5 Å². The molecule has 1 aromatic heterocycles. The third-order valence-corrected chi connectivity index (χ3v) is 4.03. The highest BCUT2D eigenvalue weighted by molar-refractivity contribution is 5.89. The van der Waals surface area contributed by atoms with Crippen molar-refractivity contribution in [2.45, 2.75) is 0 Å².